The van der Waals surface area contributed by atoms with Crippen LogP contribution in [-0.2, 0) is 0 Å². The topological polar surface area (TPSA) is 70.2 Å². The summed E-state index contributed by atoms with van der Waals surface area (Å²) in [4.78, 5) is 22.6. The van der Waals surface area contributed by atoms with Crippen LogP contribution in [0, 0.1) is 12.7 Å². The molecule has 2 heterocycles. The van der Waals surface area contributed by atoms with Crippen molar-refractivity contribution in [2.24, 2.45) is 0 Å². The van der Waals surface area contributed by atoms with Crippen LogP contribution in [0.3, 0.4) is 0 Å². The lowest BCUT2D eigenvalue weighted by Crippen LogP contribution is -2.30. The summed E-state index contributed by atoms with van der Waals surface area (Å²) >= 11 is 0. The molecule has 2 aromatic rings. The average molecular weight is 329 g/mol. The van der Waals surface area contributed by atoms with E-state index in [0.717, 1.165) is 31.7 Å². The molecule has 1 aromatic heterocycles. The molecule has 0 saturated carbocycles. The molecule has 0 atom stereocenters. The van der Waals surface area contributed by atoms with Gasteiger partial charge in [0.2, 0.25) is 0 Å². The van der Waals surface area contributed by atoms with Crippen molar-refractivity contribution in [3.63, 3.8) is 0 Å². The number of carbonyl (C=O) groups is 1. The highest BCUT2D eigenvalue weighted by molar-refractivity contribution is 5.99. The van der Waals surface area contributed by atoms with Gasteiger partial charge in [-0.15, -0.1) is 0 Å². The Balaban J connectivity index is 1.64. The van der Waals surface area contributed by atoms with Crippen molar-refractivity contribution in [1.82, 2.24) is 9.97 Å². The molecule has 2 N–H and O–H groups in total. The lowest BCUT2D eigenvalue weighted by atomic mass is 10.1. The van der Waals surface area contributed by atoms with Crippen LogP contribution < -0.4 is 15.5 Å². The first-order chi connectivity index (χ1) is 11.6. The lowest BCUT2D eigenvalue weighted by Gasteiger charge is -2.27. The number of hydrogen-bond donors (Lipinski definition) is 2. The molecule has 0 radical (unpaired) electrons. The second kappa shape index (κ2) is 7.25. The number of nitrogens with one attached hydrogen (secondary N) is 2. The Kier molecular flexibility index (Phi) is 4.88. The van der Waals surface area contributed by atoms with E-state index >= 15 is 0 Å². The van der Waals surface area contributed by atoms with E-state index < -0.39 is 6.03 Å². The minimum atomic E-state index is -0.471. The van der Waals surface area contributed by atoms with E-state index in [4.69, 9.17) is 0 Å². The van der Waals surface area contributed by atoms with E-state index in [9.17, 15) is 9.18 Å². The number of nitrogens with zero attached hydrogens (tertiary/aromatic N) is 3. The van der Waals surface area contributed by atoms with Gasteiger partial charge in [0.15, 0.2) is 0 Å². The zero-order valence-corrected chi connectivity index (χ0v) is 13.6. The summed E-state index contributed by atoms with van der Waals surface area (Å²) in [5.41, 5.74) is 0.920. The third-order valence-electron chi connectivity index (χ3n) is 4.00. The number of carbonyl (C=O) groups excluding carboxylic acids is 1. The Bertz CT molecular complexity index is 731. The number of piperidine rings is 1. The summed E-state index contributed by atoms with van der Waals surface area (Å²) in [5.74, 6) is 0.860. The second-order valence-electron chi connectivity index (χ2n) is 5.85. The van der Waals surface area contributed by atoms with E-state index in [-0.39, 0.29) is 5.82 Å². The molecule has 0 bridgehead atoms. The van der Waals surface area contributed by atoms with Crippen LogP contribution in [0.2, 0.25) is 0 Å². The van der Waals surface area contributed by atoms with Crippen LogP contribution in [0.1, 0.15) is 24.8 Å². The van der Waals surface area contributed by atoms with E-state index in [1.807, 2.05) is 0 Å². The zero-order valence-electron chi connectivity index (χ0n) is 13.6. The Morgan fingerprint density at radius 1 is 1.12 bits per heavy atom. The number of benzene rings is 1. The van der Waals surface area contributed by atoms with Gasteiger partial charge in [-0.2, -0.15) is 0 Å². The first-order valence-corrected chi connectivity index (χ1v) is 8.03. The van der Waals surface area contributed by atoms with Gasteiger partial charge >= 0.3 is 6.03 Å². The van der Waals surface area contributed by atoms with Crippen molar-refractivity contribution in [2.45, 2.75) is 26.2 Å². The maximum absolute atomic E-state index is 13.5. The predicted molar refractivity (Wildman–Crippen MR) is 91.9 cm³/mol. The Morgan fingerprint density at radius 3 is 2.67 bits per heavy atom. The molecule has 1 aromatic carbocycles. The minimum absolute atomic E-state index is 0.359. The van der Waals surface area contributed by atoms with Crippen molar-refractivity contribution in [2.75, 3.05) is 28.6 Å². The van der Waals surface area contributed by atoms with Crippen molar-refractivity contribution in [1.29, 1.82) is 0 Å². The molecule has 1 aliphatic rings. The Labute approximate surface area is 140 Å². The van der Waals surface area contributed by atoms with Crippen molar-refractivity contribution < 1.29 is 9.18 Å². The number of halogens is 1. The molecule has 0 spiro atoms. The normalized spacial score (nSPS) is 14.3. The number of aromatic nitrogens is 2. The summed E-state index contributed by atoms with van der Waals surface area (Å²) in [6, 6.07) is 5.83. The molecule has 24 heavy (non-hydrogen) atoms. The predicted octanol–water partition coefficient (Wildman–Crippen LogP) is 3.56. The molecule has 2 amide bonds. The summed E-state index contributed by atoms with van der Waals surface area (Å²) in [5, 5.41) is 5.25. The third kappa shape index (κ3) is 3.98. The van der Waals surface area contributed by atoms with Gasteiger partial charge in [-0.3, -0.25) is 5.32 Å². The summed E-state index contributed by atoms with van der Waals surface area (Å²) in [6.45, 7) is 3.60. The molecular formula is C17H20FN5O. The monoisotopic (exact) mass is 329 g/mol. The van der Waals surface area contributed by atoms with Gasteiger partial charge in [-0.05, 0) is 43.9 Å². The highest BCUT2D eigenvalue weighted by atomic mass is 19.1. The fourth-order valence-corrected chi connectivity index (χ4v) is 2.66. The molecule has 0 unspecified atom stereocenters. The van der Waals surface area contributed by atoms with E-state index in [1.54, 1.807) is 25.1 Å². The smallest absolute Gasteiger partial charge is 0.324 e. The van der Waals surface area contributed by atoms with Crippen molar-refractivity contribution >= 4 is 23.4 Å². The molecule has 126 valence electrons. The average Bonchev–Trinajstić information content (AvgIpc) is 2.59. The minimum Gasteiger partial charge on any atom is -0.356 e. The lowest BCUT2D eigenvalue weighted by molar-refractivity contribution is 0.262. The first-order valence-electron chi connectivity index (χ1n) is 8.03. The Hall–Kier alpha value is -2.70. The number of rotatable bonds is 3. The van der Waals surface area contributed by atoms with Crippen LogP contribution in [0.5, 0.6) is 0 Å². The maximum Gasteiger partial charge on any atom is 0.324 e. The molecule has 3 rings (SSSR count). The highest BCUT2D eigenvalue weighted by Crippen LogP contribution is 2.19. The van der Waals surface area contributed by atoms with E-state index in [2.05, 4.69) is 25.5 Å². The van der Waals surface area contributed by atoms with Crippen LogP contribution in [0.25, 0.3) is 0 Å². The van der Waals surface area contributed by atoms with Gasteiger partial charge in [0.1, 0.15) is 23.8 Å². The van der Waals surface area contributed by atoms with Gasteiger partial charge in [-0.25, -0.2) is 19.2 Å². The van der Waals surface area contributed by atoms with Crippen LogP contribution >= 0.6 is 0 Å². The zero-order chi connectivity index (χ0) is 16.9. The molecule has 7 heteroatoms. The number of hydrogen-bond acceptors (Lipinski definition) is 4. The van der Waals surface area contributed by atoms with E-state index in [1.165, 1.54) is 18.8 Å². The van der Waals surface area contributed by atoms with Crippen molar-refractivity contribution in [3.05, 3.63) is 42.0 Å². The number of urea groups is 1. The maximum atomic E-state index is 13.5. The van der Waals surface area contributed by atoms with Gasteiger partial charge in [0, 0.05) is 24.8 Å². The fraction of sp³-hybridized carbons (Fsp3) is 0.353. The second-order valence-corrected chi connectivity index (χ2v) is 5.85. The number of amides is 2. The van der Waals surface area contributed by atoms with Gasteiger partial charge in [0.05, 0.1) is 0 Å². The summed E-state index contributed by atoms with van der Waals surface area (Å²) < 4.78 is 13.5. The highest BCUT2D eigenvalue weighted by Gasteiger charge is 2.13. The number of aryl methyl sites for hydroxylation is 1. The SMILES string of the molecule is Cc1ccc(NC(=O)Nc2cc(N3CCCCC3)ncn2)cc1F. The summed E-state index contributed by atoms with van der Waals surface area (Å²) in [7, 11) is 0. The third-order valence-corrected chi connectivity index (χ3v) is 4.00. The molecular weight excluding hydrogens is 309 g/mol. The quantitative estimate of drug-likeness (QED) is 0.903. The molecule has 1 aliphatic heterocycles. The fourth-order valence-electron chi connectivity index (χ4n) is 2.66. The molecule has 1 fully saturated rings. The van der Waals surface area contributed by atoms with Crippen molar-refractivity contribution in [3.8, 4) is 0 Å². The standard InChI is InChI=1S/C17H20FN5O/c1-12-5-6-13(9-14(12)18)21-17(24)22-15-10-16(20-11-19-15)23-7-3-2-4-8-23/h5-6,9-11H,2-4,7-8H2,1H3,(H2,19,20,21,22,24). The van der Waals surface area contributed by atoms with Crippen LogP contribution in [0.15, 0.2) is 30.6 Å². The molecule has 6 nitrogen and oxygen atoms in total. The van der Waals surface area contributed by atoms with Crippen LogP contribution in [-0.4, -0.2) is 29.1 Å². The Morgan fingerprint density at radius 2 is 1.92 bits per heavy atom. The van der Waals surface area contributed by atoms with Gasteiger partial charge in [-0.1, -0.05) is 6.07 Å². The van der Waals surface area contributed by atoms with Gasteiger partial charge < -0.3 is 10.2 Å². The first kappa shape index (κ1) is 16.2. The van der Waals surface area contributed by atoms with Crippen LogP contribution in [0.4, 0.5) is 26.5 Å². The molecule has 0 aliphatic carbocycles. The number of anilines is 3. The largest absolute Gasteiger partial charge is 0.356 e. The summed E-state index contributed by atoms with van der Waals surface area (Å²) in [6.07, 6.45) is 4.96. The van der Waals surface area contributed by atoms with E-state index in [0.29, 0.717) is 17.1 Å². The molecule has 1 saturated heterocycles. The van der Waals surface area contributed by atoms with Gasteiger partial charge in [0.25, 0.3) is 0 Å².